The van der Waals surface area contributed by atoms with E-state index in [2.05, 4.69) is 4.74 Å². The summed E-state index contributed by atoms with van der Waals surface area (Å²) in [4.78, 5) is 21.4. The Morgan fingerprint density at radius 1 is 1.27 bits per heavy atom. The van der Waals surface area contributed by atoms with Gasteiger partial charge in [-0.05, 0) is 31.2 Å². The summed E-state index contributed by atoms with van der Waals surface area (Å²) < 4.78 is 9.28. The number of carboxylic acids is 1. The molecule has 1 rings (SSSR count). The van der Waals surface area contributed by atoms with Crippen LogP contribution in [0.1, 0.15) is 17.3 Å². The number of aromatic carboxylic acids is 1. The zero-order valence-corrected chi connectivity index (χ0v) is 8.10. The molecule has 0 saturated carbocycles. The lowest BCUT2D eigenvalue weighted by Crippen LogP contribution is -2.10. The predicted octanol–water partition coefficient (Wildman–Crippen LogP) is 1.92. The predicted molar refractivity (Wildman–Crippen MR) is 51.1 cm³/mol. The number of benzene rings is 1. The van der Waals surface area contributed by atoms with E-state index in [4.69, 9.17) is 9.84 Å². The van der Waals surface area contributed by atoms with Crippen LogP contribution >= 0.6 is 0 Å². The van der Waals surface area contributed by atoms with Gasteiger partial charge >= 0.3 is 12.1 Å². The van der Waals surface area contributed by atoms with Crippen LogP contribution in [-0.4, -0.2) is 23.8 Å². The second-order valence-corrected chi connectivity index (χ2v) is 2.61. The zero-order valence-electron chi connectivity index (χ0n) is 8.10. The van der Waals surface area contributed by atoms with Crippen molar-refractivity contribution in [1.82, 2.24) is 0 Å². The molecule has 0 radical (unpaired) electrons. The summed E-state index contributed by atoms with van der Waals surface area (Å²) >= 11 is 0. The van der Waals surface area contributed by atoms with Gasteiger partial charge in [-0.25, -0.2) is 9.59 Å². The molecule has 15 heavy (non-hydrogen) atoms. The van der Waals surface area contributed by atoms with E-state index in [1.165, 1.54) is 24.3 Å². The van der Waals surface area contributed by atoms with Gasteiger partial charge in [0.05, 0.1) is 12.2 Å². The Hall–Kier alpha value is -2.04. The van der Waals surface area contributed by atoms with E-state index in [0.717, 1.165) is 0 Å². The first-order valence-electron chi connectivity index (χ1n) is 4.31. The molecule has 5 nitrogen and oxygen atoms in total. The fraction of sp³-hybridized carbons (Fsp3) is 0.200. The highest BCUT2D eigenvalue weighted by Crippen LogP contribution is 2.12. The van der Waals surface area contributed by atoms with Crippen LogP contribution in [0.5, 0.6) is 5.75 Å². The van der Waals surface area contributed by atoms with Crippen molar-refractivity contribution in [3.8, 4) is 5.75 Å². The molecule has 0 atom stereocenters. The highest BCUT2D eigenvalue weighted by atomic mass is 16.7. The maximum atomic E-state index is 10.9. The minimum Gasteiger partial charge on any atom is -0.478 e. The molecule has 0 heterocycles. The Bertz CT molecular complexity index is 355. The third-order valence-electron chi connectivity index (χ3n) is 1.56. The second kappa shape index (κ2) is 4.99. The molecule has 1 aromatic carbocycles. The number of rotatable bonds is 3. The monoisotopic (exact) mass is 210 g/mol. The lowest BCUT2D eigenvalue weighted by Gasteiger charge is -2.03. The van der Waals surface area contributed by atoms with E-state index in [1.807, 2.05) is 0 Å². The molecular formula is C10H10O5. The lowest BCUT2D eigenvalue weighted by atomic mass is 10.2. The molecule has 0 aliphatic rings. The van der Waals surface area contributed by atoms with Crippen molar-refractivity contribution in [2.75, 3.05) is 6.61 Å². The van der Waals surface area contributed by atoms with E-state index in [1.54, 1.807) is 6.92 Å². The van der Waals surface area contributed by atoms with Crippen molar-refractivity contribution in [2.24, 2.45) is 0 Å². The van der Waals surface area contributed by atoms with Gasteiger partial charge in [-0.2, -0.15) is 0 Å². The highest BCUT2D eigenvalue weighted by molar-refractivity contribution is 5.87. The van der Waals surface area contributed by atoms with Crippen molar-refractivity contribution in [3.63, 3.8) is 0 Å². The van der Waals surface area contributed by atoms with Crippen LogP contribution in [0.25, 0.3) is 0 Å². The summed E-state index contributed by atoms with van der Waals surface area (Å²) in [6.07, 6.45) is -0.805. The molecule has 1 aromatic rings. The number of ether oxygens (including phenoxy) is 2. The normalized spacial score (nSPS) is 9.40. The third kappa shape index (κ3) is 3.30. The average molecular weight is 210 g/mol. The Labute approximate surface area is 86.2 Å². The van der Waals surface area contributed by atoms with E-state index in [-0.39, 0.29) is 17.9 Å². The number of hydrogen-bond acceptors (Lipinski definition) is 4. The fourth-order valence-corrected chi connectivity index (χ4v) is 0.909. The average Bonchev–Trinajstić information content (AvgIpc) is 2.18. The molecule has 80 valence electrons. The summed E-state index contributed by atoms with van der Waals surface area (Å²) in [7, 11) is 0. The van der Waals surface area contributed by atoms with Gasteiger partial charge in [0.2, 0.25) is 0 Å². The first-order valence-corrected chi connectivity index (χ1v) is 4.31. The molecule has 0 saturated heterocycles. The van der Waals surface area contributed by atoms with Gasteiger partial charge in [-0.3, -0.25) is 0 Å². The van der Waals surface area contributed by atoms with Gasteiger partial charge < -0.3 is 14.6 Å². The van der Waals surface area contributed by atoms with Crippen LogP contribution < -0.4 is 4.74 Å². The van der Waals surface area contributed by atoms with Crippen LogP contribution in [0.4, 0.5) is 4.79 Å². The summed E-state index contributed by atoms with van der Waals surface area (Å²) in [5, 5.41) is 8.61. The van der Waals surface area contributed by atoms with Crippen molar-refractivity contribution in [1.29, 1.82) is 0 Å². The summed E-state index contributed by atoms with van der Waals surface area (Å²) in [6.45, 7) is 1.89. The smallest absolute Gasteiger partial charge is 0.478 e. The maximum Gasteiger partial charge on any atom is 0.513 e. The number of hydrogen-bond donors (Lipinski definition) is 1. The largest absolute Gasteiger partial charge is 0.513 e. The highest BCUT2D eigenvalue weighted by Gasteiger charge is 2.06. The van der Waals surface area contributed by atoms with Crippen molar-refractivity contribution < 1.29 is 24.2 Å². The molecule has 0 spiro atoms. The van der Waals surface area contributed by atoms with Crippen LogP contribution in [0.3, 0.4) is 0 Å². The second-order valence-electron chi connectivity index (χ2n) is 2.61. The van der Waals surface area contributed by atoms with Gasteiger partial charge in [-0.1, -0.05) is 0 Å². The molecule has 0 aromatic heterocycles. The molecule has 0 bridgehead atoms. The molecule has 5 heteroatoms. The molecule has 0 aliphatic carbocycles. The molecular weight excluding hydrogens is 200 g/mol. The van der Waals surface area contributed by atoms with E-state index >= 15 is 0 Å². The van der Waals surface area contributed by atoms with Gasteiger partial charge in [0.25, 0.3) is 0 Å². The molecule has 0 aliphatic heterocycles. The molecule has 0 unspecified atom stereocenters. The summed E-state index contributed by atoms with van der Waals surface area (Å²) in [6, 6.07) is 5.47. The minimum atomic E-state index is -1.03. The molecule has 0 amide bonds. The van der Waals surface area contributed by atoms with Gasteiger partial charge in [0, 0.05) is 0 Å². The van der Waals surface area contributed by atoms with Gasteiger partial charge in [0.15, 0.2) is 0 Å². The first-order chi connectivity index (χ1) is 7.13. The van der Waals surface area contributed by atoms with Crippen molar-refractivity contribution in [3.05, 3.63) is 29.8 Å². The van der Waals surface area contributed by atoms with Crippen LogP contribution in [0.15, 0.2) is 24.3 Å². The minimum absolute atomic E-state index is 0.131. The maximum absolute atomic E-state index is 10.9. The quantitative estimate of drug-likeness (QED) is 0.609. The number of carbonyl (C=O) groups excluding carboxylic acids is 1. The van der Waals surface area contributed by atoms with Crippen LogP contribution in [-0.2, 0) is 4.74 Å². The number of carboxylic acid groups (broad SMARTS) is 1. The Kier molecular flexibility index (Phi) is 3.68. The first kappa shape index (κ1) is 11.0. The topological polar surface area (TPSA) is 72.8 Å². The summed E-state index contributed by atoms with van der Waals surface area (Å²) in [5.74, 6) is -0.781. The van der Waals surface area contributed by atoms with Gasteiger partial charge in [0.1, 0.15) is 5.75 Å². The fourth-order valence-electron chi connectivity index (χ4n) is 0.909. The molecule has 1 N–H and O–H groups in total. The Morgan fingerprint density at radius 3 is 2.33 bits per heavy atom. The van der Waals surface area contributed by atoms with Crippen LogP contribution in [0, 0.1) is 0 Å². The SMILES string of the molecule is CCOC(=O)Oc1ccc(C(=O)O)cc1. The Morgan fingerprint density at radius 2 is 1.87 bits per heavy atom. The Balaban J connectivity index is 2.64. The van der Waals surface area contributed by atoms with E-state index < -0.39 is 12.1 Å². The van der Waals surface area contributed by atoms with Crippen molar-refractivity contribution in [2.45, 2.75) is 6.92 Å². The third-order valence-corrected chi connectivity index (χ3v) is 1.56. The standard InChI is InChI=1S/C10H10O5/c1-2-14-10(13)15-8-5-3-7(4-6-8)9(11)12/h3-6H,2H2,1H3,(H,11,12). The van der Waals surface area contributed by atoms with Crippen molar-refractivity contribution >= 4 is 12.1 Å². The zero-order chi connectivity index (χ0) is 11.3. The summed E-state index contributed by atoms with van der Waals surface area (Å²) in [5.41, 5.74) is 0.131. The van der Waals surface area contributed by atoms with E-state index in [0.29, 0.717) is 0 Å². The molecule has 0 fully saturated rings. The lowest BCUT2D eigenvalue weighted by molar-refractivity contribution is 0.0697. The van der Waals surface area contributed by atoms with Gasteiger partial charge in [-0.15, -0.1) is 0 Å². The number of carbonyl (C=O) groups is 2. The van der Waals surface area contributed by atoms with E-state index in [9.17, 15) is 9.59 Å². The van der Waals surface area contributed by atoms with Crippen LogP contribution in [0.2, 0.25) is 0 Å².